The van der Waals surface area contributed by atoms with Crippen molar-refractivity contribution in [3.63, 3.8) is 0 Å². The molecular formula is C17H20ClNS. The van der Waals surface area contributed by atoms with E-state index in [2.05, 4.69) is 56.4 Å². The van der Waals surface area contributed by atoms with E-state index >= 15 is 0 Å². The highest BCUT2D eigenvalue weighted by Crippen LogP contribution is 2.32. The molecule has 20 heavy (non-hydrogen) atoms. The van der Waals surface area contributed by atoms with Crippen molar-refractivity contribution in [1.29, 1.82) is 0 Å². The second-order valence-electron chi connectivity index (χ2n) is 5.77. The van der Waals surface area contributed by atoms with Crippen molar-refractivity contribution in [2.24, 2.45) is 0 Å². The molecule has 0 aliphatic heterocycles. The van der Waals surface area contributed by atoms with Crippen LogP contribution in [0.2, 0.25) is 5.02 Å². The maximum atomic E-state index is 6.14. The van der Waals surface area contributed by atoms with Gasteiger partial charge in [0.1, 0.15) is 0 Å². The largest absolute Gasteiger partial charge is 0.308 e. The lowest BCUT2D eigenvalue weighted by molar-refractivity contribution is 0.422. The van der Waals surface area contributed by atoms with Gasteiger partial charge in [0.2, 0.25) is 0 Å². The quantitative estimate of drug-likeness (QED) is 0.814. The zero-order valence-corrected chi connectivity index (χ0v) is 13.7. The summed E-state index contributed by atoms with van der Waals surface area (Å²) in [4.78, 5) is 2.44. The number of rotatable bonds is 4. The third-order valence-electron chi connectivity index (χ3n) is 2.81. The van der Waals surface area contributed by atoms with Crippen LogP contribution in [0.5, 0.6) is 0 Å². The molecule has 0 radical (unpaired) electrons. The monoisotopic (exact) mass is 305 g/mol. The van der Waals surface area contributed by atoms with E-state index in [1.165, 1.54) is 15.4 Å². The lowest BCUT2D eigenvalue weighted by Gasteiger charge is -2.21. The van der Waals surface area contributed by atoms with Crippen LogP contribution in [0, 0.1) is 0 Å². The third-order valence-corrected chi connectivity index (χ3v) is 4.15. The van der Waals surface area contributed by atoms with Crippen LogP contribution in [-0.4, -0.2) is 5.54 Å². The normalized spacial score (nSPS) is 11.6. The first kappa shape index (κ1) is 15.4. The second kappa shape index (κ2) is 6.66. The van der Waals surface area contributed by atoms with Crippen molar-refractivity contribution in [2.75, 3.05) is 0 Å². The Morgan fingerprint density at radius 2 is 1.75 bits per heavy atom. The highest BCUT2D eigenvalue weighted by molar-refractivity contribution is 7.99. The number of nitrogens with one attached hydrogen (secondary N) is 1. The lowest BCUT2D eigenvalue weighted by Crippen LogP contribution is -2.35. The summed E-state index contributed by atoms with van der Waals surface area (Å²) in [5, 5.41) is 4.31. The molecule has 0 aliphatic rings. The second-order valence-corrected chi connectivity index (χ2v) is 7.32. The van der Waals surface area contributed by atoms with Gasteiger partial charge in [-0.2, -0.15) is 0 Å². The minimum absolute atomic E-state index is 0.105. The molecule has 106 valence electrons. The Labute approximate surface area is 130 Å². The summed E-state index contributed by atoms with van der Waals surface area (Å²) in [6.07, 6.45) is 0. The number of benzene rings is 2. The van der Waals surface area contributed by atoms with E-state index in [1.807, 2.05) is 18.2 Å². The fourth-order valence-corrected chi connectivity index (χ4v) is 2.99. The third kappa shape index (κ3) is 4.86. The van der Waals surface area contributed by atoms with Gasteiger partial charge in [0, 0.05) is 26.9 Å². The van der Waals surface area contributed by atoms with Gasteiger partial charge in [-0.25, -0.2) is 0 Å². The Hall–Kier alpha value is -0.960. The summed E-state index contributed by atoms with van der Waals surface area (Å²) in [5.74, 6) is 0. The summed E-state index contributed by atoms with van der Waals surface area (Å²) in [5.41, 5.74) is 1.38. The Morgan fingerprint density at radius 3 is 2.40 bits per heavy atom. The first-order chi connectivity index (χ1) is 9.44. The first-order valence-corrected chi connectivity index (χ1v) is 7.90. The van der Waals surface area contributed by atoms with Crippen LogP contribution >= 0.6 is 23.4 Å². The molecule has 0 spiro atoms. The predicted molar refractivity (Wildman–Crippen MR) is 88.6 cm³/mol. The van der Waals surface area contributed by atoms with Gasteiger partial charge in [-0.1, -0.05) is 47.6 Å². The SMILES string of the molecule is CC(C)(C)NCc1ccc(Cl)cc1Sc1ccccc1. The molecule has 0 saturated heterocycles. The smallest absolute Gasteiger partial charge is 0.0417 e. The van der Waals surface area contributed by atoms with E-state index < -0.39 is 0 Å². The molecule has 0 fully saturated rings. The highest BCUT2D eigenvalue weighted by atomic mass is 35.5. The fourth-order valence-electron chi connectivity index (χ4n) is 1.75. The Morgan fingerprint density at radius 1 is 1.05 bits per heavy atom. The average molecular weight is 306 g/mol. The Balaban J connectivity index is 2.20. The number of halogens is 1. The molecular weight excluding hydrogens is 286 g/mol. The van der Waals surface area contributed by atoms with E-state index in [0.29, 0.717) is 0 Å². The van der Waals surface area contributed by atoms with Gasteiger partial charge >= 0.3 is 0 Å². The van der Waals surface area contributed by atoms with Crippen molar-refractivity contribution < 1.29 is 0 Å². The van der Waals surface area contributed by atoms with Gasteiger partial charge < -0.3 is 5.32 Å². The van der Waals surface area contributed by atoms with Crippen molar-refractivity contribution in [3.05, 3.63) is 59.1 Å². The molecule has 0 aromatic heterocycles. The molecule has 1 N–H and O–H groups in total. The van der Waals surface area contributed by atoms with Gasteiger partial charge in [-0.05, 0) is 50.6 Å². The van der Waals surface area contributed by atoms with E-state index in [0.717, 1.165) is 11.6 Å². The van der Waals surface area contributed by atoms with Gasteiger partial charge in [-0.15, -0.1) is 0 Å². The standard InChI is InChI=1S/C17H20ClNS/c1-17(2,3)19-12-13-9-10-14(18)11-16(13)20-15-7-5-4-6-8-15/h4-11,19H,12H2,1-3H3. The van der Waals surface area contributed by atoms with Gasteiger partial charge in [0.05, 0.1) is 0 Å². The zero-order valence-electron chi connectivity index (χ0n) is 12.1. The Kier molecular flexibility index (Phi) is 5.14. The van der Waals surface area contributed by atoms with Crippen molar-refractivity contribution >= 4 is 23.4 Å². The first-order valence-electron chi connectivity index (χ1n) is 6.70. The van der Waals surface area contributed by atoms with Gasteiger partial charge in [0.25, 0.3) is 0 Å². The molecule has 0 saturated carbocycles. The summed E-state index contributed by atoms with van der Waals surface area (Å²) < 4.78 is 0. The molecule has 3 heteroatoms. The summed E-state index contributed by atoms with van der Waals surface area (Å²) in [7, 11) is 0. The van der Waals surface area contributed by atoms with Crippen LogP contribution in [0.3, 0.4) is 0 Å². The average Bonchev–Trinajstić information content (AvgIpc) is 2.38. The summed E-state index contributed by atoms with van der Waals surface area (Å²) in [6.45, 7) is 7.36. The maximum absolute atomic E-state index is 6.14. The molecule has 0 atom stereocenters. The molecule has 2 aromatic rings. The predicted octanol–water partition coefficient (Wildman–Crippen LogP) is 5.38. The molecule has 0 aliphatic carbocycles. The zero-order chi connectivity index (χ0) is 14.6. The summed E-state index contributed by atoms with van der Waals surface area (Å²) in [6, 6.07) is 16.5. The minimum atomic E-state index is 0.105. The van der Waals surface area contributed by atoms with Gasteiger partial charge in [-0.3, -0.25) is 0 Å². The van der Waals surface area contributed by atoms with E-state index in [-0.39, 0.29) is 5.54 Å². The number of hydrogen-bond donors (Lipinski definition) is 1. The molecule has 2 aromatic carbocycles. The Bertz CT molecular complexity index is 561. The fraction of sp³-hybridized carbons (Fsp3) is 0.294. The van der Waals surface area contributed by atoms with Crippen LogP contribution in [0.1, 0.15) is 26.3 Å². The topological polar surface area (TPSA) is 12.0 Å². The van der Waals surface area contributed by atoms with E-state index in [4.69, 9.17) is 11.6 Å². The van der Waals surface area contributed by atoms with Crippen LogP contribution in [-0.2, 0) is 6.54 Å². The van der Waals surface area contributed by atoms with E-state index in [1.54, 1.807) is 11.8 Å². The highest BCUT2D eigenvalue weighted by Gasteiger charge is 2.11. The van der Waals surface area contributed by atoms with Crippen LogP contribution < -0.4 is 5.32 Å². The van der Waals surface area contributed by atoms with E-state index in [9.17, 15) is 0 Å². The van der Waals surface area contributed by atoms with Gasteiger partial charge in [0.15, 0.2) is 0 Å². The molecule has 0 bridgehead atoms. The molecule has 0 heterocycles. The molecule has 0 amide bonds. The molecule has 2 rings (SSSR count). The van der Waals surface area contributed by atoms with Crippen LogP contribution in [0.15, 0.2) is 58.3 Å². The summed E-state index contributed by atoms with van der Waals surface area (Å²) >= 11 is 7.89. The maximum Gasteiger partial charge on any atom is 0.0417 e. The minimum Gasteiger partial charge on any atom is -0.308 e. The van der Waals surface area contributed by atoms with Crippen molar-refractivity contribution in [2.45, 2.75) is 42.6 Å². The van der Waals surface area contributed by atoms with Crippen LogP contribution in [0.4, 0.5) is 0 Å². The number of hydrogen-bond acceptors (Lipinski definition) is 2. The molecule has 1 nitrogen and oxygen atoms in total. The lowest BCUT2D eigenvalue weighted by atomic mass is 10.1. The van der Waals surface area contributed by atoms with Crippen molar-refractivity contribution in [3.8, 4) is 0 Å². The van der Waals surface area contributed by atoms with Crippen LogP contribution in [0.25, 0.3) is 0 Å². The van der Waals surface area contributed by atoms with Crippen molar-refractivity contribution in [1.82, 2.24) is 5.32 Å². The molecule has 0 unspecified atom stereocenters.